The van der Waals surface area contributed by atoms with Crippen LogP contribution in [0.25, 0.3) is 31.9 Å². The second kappa shape index (κ2) is 21.8. The van der Waals surface area contributed by atoms with Gasteiger partial charge < -0.3 is 40.6 Å². The Kier molecular flexibility index (Phi) is 19.1. The molecule has 0 radical (unpaired) electrons. The van der Waals surface area contributed by atoms with Gasteiger partial charge in [0, 0.05) is 41.2 Å². The summed E-state index contributed by atoms with van der Waals surface area (Å²) in [7, 11) is 0. The predicted octanol–water partition coefficient (Wildman–Crippen LogP) is 1.98. The summed E-state index contributed by atoms with van der Waals surface area (Å²) in [4.78, 5) is 37.0. The third-order valence-electron chi connectivity index (χ3n) is 6.78. The maximum atomic E-state index is 11.2. The van der Waals surface area contributed by atoms with Gasteiger partial charge in [-0.3, -0.25) is 9.59 Å². The molecule has 0 atom stereocenters. The number of pyridine rings is 2. The summed E-state index contributed by atoms with van der Waals surface area (Å²) >= 11 is 6.42. The van der Waals surface area contributed by atoms with Crippen molar-refractivity contribution < 1.29 is 68.7 Å². The van der Waals surface area contributed by atoms with Crippen molar-refractivity contribution in [3.8, 4) is 34.4 Å². The molecule has 0 aliphatic rings. The molecular weight excluding hydrogens is 747 g/mol. The Morgan fingerprint density at radius 3 is 1.66 bits per heavy atom. The fourth-order valence-electron chi connectivity index (χ4n) is 4.71. The number of nitrogen functional groups attached to an aromatic ring is 2. The van der Waals surface area contributed by atoms with E-state index in [1.165, 1.54) is 25.6 Å². The van der Waals surface area contributed by atoms with E-state index in [0.717, 1.165) is 4.90 Å². The number of hydrogen-bond acceptors (Lipinski definition) is 10. The van der Waals surface area contributed by atoms with Gasteiger partial charge >= 0.3 is 59.1 Å². The maximum absolute atomic E-state index is 11.2. The summed E-state index contributed by atoms with van der Waals surface area (Å²) in [6, 6.07) is 27.4. The van der Waals surface area contributed by atoms with Gasteiger partial charge in [-0.1, -0.05) is 66.4 Å². The van der Waals surface area contributed by atoms with Crippen molar-refractivity contribution in [1.82, 2.24) is 9.97 Å². The zero-order valence-corrected chi connectivity index (χ0v) is 35.5. The molecule has 3 aromatic carbocycles. The summed E-state index contributed by atoms with van der Waals surface area (Å²) in [5, 5.41) is 24.9. The number of aromatic nitrogens is 2. The number of nitrogens with one attached hydrogen (secondary N) is 3. The van der Waals surface area contributed by atoms with Crippen molar-refractivity contribution in [1.29, 1.82) is 10.5 Å². The van der Waals surface area contributed by atoms with Crippen molar-refractivity contribution in [3.05, 3.63) is 117 Å². The topological polar surface area (TPSA) is 195 Å². The van der Waals surface area contributed by atoms with Crippen LogP contribution in [-0.4, -0.2) is 21.8 Å². The molecule has 2 aromatic heterocycles. The van der Waals surface area contributed by atoms with E-state index in [-0.39, 0.29) is 118 Å². The molecule has 5 aromatic rings. The number of carbonyl (C=O) groups excluding carboxylic acids is 2. The Labute approximate surface area is 367 Å². The molecule has 252 valence electrons. The molecule has 0 saturated heterocycles. The molecule has 0 aliphatic heterocycles. The molecular formula is C36H27N10Na2O2S3+. The van der Waals surface area contributed by atoms with E-state index in [9.17, 15) is 20.1 Å². The van der Waals surface area contributed by atoms with E-state index in [1.807, 2.05) is 36.4 Å². The number of nitrogens with two attached hydrogens (primary N) is 2. The van der Waals surface area contributed by atoms with Crippen LogP contribution < -0.4 is 81.2 Å². The van der Waals surface area contributed by atoms with Crippen LogP contribution in [0.1, 0.15) is 25.0 Å². The normalized spacial score (nSPS) is 9.25. The van der Waals surface area contributed by atoms with Crippen LogP contribution in [0.3, 0.4) is 0 Å². The molecule has 0 unspecified atom stereocenters. The monoisotopic (exact) mass is 773 g/mol. The molecule has 0 aliphatic carbocycles. The quantitative estimate of drug-likeness (QED) is 0.0560. The first-order valence-corrected chi connectivity index (χ1v) is 15.7. The number of rotatable bonds is 6. The molecule has 53 heavy (non-hydrogen) atoms. The Balaban J connectivity index is 0.000000515. The van der Waals surface area contributed by atoms with Gasteiger partial charge in [0.25, 0.3) is 0 Å². The van der Waals surface area contributed by atoms with E-state index in [0.29, 0.717) is 44.2 Å². The molecule has 2 heterocycles. The van der Waals surface area contributed by atoms with Crippen molar-refractivity contribution in [3.63, 3.8) is 0 Å². The summed E-state index contributed by atoms with van der Waals surface area (Å²) in [5.41, 5.74) is 16.0. The molecule has 0 bridgehead atoms. The van der Waals surface area contributed by atoms with Crippen LogP contribution in [-0.2, 0) is 23.1 Å². The van der Waals surface area contributed by atoms with Gasteiger partial charge in [0.1, 0.15) is 33.4 Å². The van der Waals surface area contributed by atoms with E-state index in [2.05, 4.69) is 36.4 Å². The minimum absolute atomic E-state index is 0. The number of anilines is 4. The Hall–Kier alpha value is -4.62. The van der Waals surface area contributed by atoms with Gasteiger partial charge in [-0.2, -0.15) is 10.5 Å². The first-order chi connectivity index (χ1) is 24.0. The third-order valence-corrected chi connectivity index (χ3v) is 8.08. The average Bonchev–Trinajstić information content (AvgIpc) is 3.09. The smallest absolute Gasteiger partial charge is 0.813 e. The van der Waals surface area contributed by atoms with Gasteiger partial charge in [0.2, 0.25) is 23.2 Å². The van der Waals surface area contributed by atoms with Gasteiger partial charge in [-0.25, -0.2) is 14.7 Å². The first-order valence-electron chi connectivity index (χ1n) is 14.4. The summed E-state index contributed by atoms with van der Waals surface area (Å²) in [6.07, 6.45) is 0. The van der Waals surface area contributed by atoms with E-state index in [1.54, 1.807) is 48.5 Å². The van der Waals surface area contributed by atoms with Gasteiger partial charge in [-0.15, -0.1) is 0 Å². The zero-order chi connectivity index (χ0) is 36.4. The fraction of sp³-hybridized carbons (Fsp3) is 0.0556. The van der Waals surface area contributed by atoms with E-state index in [4.69, 9.17) is 36.8 Å². The predicted molar refractivity (Wildman–Crippen MR) is 205 cm³/mol. The molecule has 17 heteroatoms. The van der Waals surface area contributed by atoms with Crippen molar-refractivity contribution in [2.24, 2.45) is 0 Å². The first kappa shape index (κ1) is 46.4. The van der Waals surface area contributed by atoms with E-state index >= 15 is 0 Å². The molecule has 2 amide bonds. The Morgan fingerprint density at radius 2 is 1.25 bits per heavy atom. The fourth-order valence-corrected chi connectivity index (χ4v) is 5.87. The van der Waals surface area contributed by atoms with Crippen LogP contribution in [0.4, 0.5) is 34.4 Å². The number of benzene rings is 3. The molecule has 5 rings (SSSR count). The second-order valence-corrected chi connectivity index (χ2v) is 11.7. The summed E-state index contributed by atoms with van der Waals surface area (Å²) in [5.74, 6) is -0.158. The molecule has 0 fully saturated rings. The second-order valence-electron chi connectivity index (χ2n) is 10.2. The van der Waals surface area contributed by atoms with E-state index < -0.39 is 0 Å². The number of aromatic amines is 1. The third kappa shape index (κ3) is 11.7. The minimum Gasteiger partial charge on any atom is -0.813 e. The van der Waals surface area contributed by atoms with Crippen molar-refractivity contribution in [2.75, 3.05) is 22.1 Å². The molecule has 0 saturated carbocycles. The van der Waals surface area contributed by atoms with Crippen molar-refractivity contribution >= 4 is 83.7 Å². The minimum atomic E-state index is -0.182. The Morgan fingerprint density at radius 1 is 0.792 bits per heavy atom. The number of thiol groups is 1. The van der Waals surface area contributed by atoms with Gasteiger partial charge in [0.15, 0.2) is 0 Å². The van der Waals surface area contributed by atoms with Crippen molar-refractivity contribution in [2.45, 2.75) is 23.8 Å². The number of H-pyrrole nitrogens is 1. The van der Waals surface area contributed by atoms with Crippen LogP contribution in [0, 0.1) is 40.4 Å². The summed E-state index contributed by atoms with van der Waals surface area (Å²) in [6.45, 7) is 17.6. The summed E-state index contributed by atoms with van der Waals surface area (Å²) < 4.78 is 0.188. The standard InChI is InChI=1S/C21H15N5OS.C15H11N5OS.2Na.H2S/c1-13(27)25-15-10-8-14(9-11-15)18-17(12-22)21(26-20(23)19(18)24-2)28-16-6-4-3-5-7-16;1-8(21)19-10-5-3-9(4-6-10)12-11(7-16)15(22)20-14(17)13(12)18-2;;;/h3-11H,1H3,(H2,23,26)(H,25,27);3-6H,1H3,(H,19,21)(H3,17,20,22);;;1H2/q;;2*+1;/p-1. The maximum Gasteiger partial charge on any atom is 1.00 e. The van der Waals surface area contributed by atoms with Gasteiger partial charge in [0.05, 0.1) is 24.3 Å². The van der Waals surface area contributed by atoms with Crippen LogP contribution in [0.5, 0.6) is 0 Å². The number of hydrogen-bond donors (Lipinski definition) is 5. The zero-order valence-electron chi connectivity index (χ0n) is 29.0. The number of carbonyl (C=O) groups is 2. The number of nitriles is 2. The van der Waals surface area contributed by atoms with Crippen LogP contribution >= 0.6 is 24.0 Å². The van der Waals surface area contributed by atoms with Gasteiger partial charge in [-0.05, 0) is 47.5 Å². The largest absolute Gasteiger partial charge is 1.00 e. The number of nitrogens with zero attached hydrogens (tertiary/aromatic N) is 5. The molecule has 0 spiro atoms. The van der Waals surface area contributed by atoms with Crippen LogP contribution in [0.2, 0.25) is 0 Å². The molecule has 7 N–H and O–H groups in total. The Bertz CT molecular complexity index is 2350. The average molecular weight is 774 g/mol. The molecule has 12 nitrogen and oxygen atoms in total. The van der Waals surface area contributed by atoms with Crippen LogP contribution in [0.15, 0.2) is 88.8 Å². The SMILES string of the molecule is [C-]#[N+]c1c(N)[nH]c(=S)c(C#N)c1-c1ccc(NC(C)=O)cc1.[C-]#[N+]c1c(N)nc(Sc2ccccc2)c(C#N)c1-c1ccc(NC(C)=O)cc1.[Na+].[Na+].[SH-]. The number of amides is 2.